The van der Waals surface area contributed by atoms with Gasteiger partial charge in [-0.2, -0.15) is 0 Å². The summed E-state index contributed by atoms with van der Waals surface area (Å²) < 4.78 is 2.56. The van der Waals surface area contributed by atoms with Crippen molar-refractivity contribution in [2.24, 2.45) is 5.41 Å². The largest absolute Gasteiger partial charge is 1.00 e. The average Bonchev–Trinajstić information content (AvgIpc) is 2.93. The fourth-order valence-corrected chi connectivity index (χ4v) is 9.13. The Morgan fingerprint density at radius 3 is 2.17 bits per heavy atom. The average molecular weight is 529 g/mol. The van der Waals surface area contributed by atoms with Crippen LogP contribution in [0.15, 0.2) is 49.8 Å². The molecule has 2 aliphatic carbocycles. The van der Waals surface area contributed by atoms with Gasteiger partial charge in [-0.3, -0.25) is 0 Å². The minimum atomic E-state index is -0.689. The van der Waals surface area contributed by atoms with Crippen molar-refractivity contribution in [3.05, 3.63) is 61.0 Å². The number of rotatable bonds is 3. The van der Waals surface area contributed by atoms with E-state index >= 15 is 0 Å². The summed E-state index contributed by atoms with van der Waals surface area (Å²) in [6.07, 6.45) is 3.66. The molecule has 0 heterocycles. The van der Waals surface area contributed by atoms with Gasteiger partial charge in [0.2, 0.25) is 0 Å². The molecule has 0 saturated heterocycles. The molecule has 128 valence electrons. The van der Waals surface area contributed by atoms with E-state index in [-0.39, 0.29) is 39.4 Å². The van der Waals surface area contributed by atoms with E-state index in [0.717, 1.165) is 3.63 Å². The van der Waals surface area contributed by atoms with E-state index in [1.54, 1.807) is 27.9 Å². The zero-order chi connectivity index (χ0) is 16.1. The minimum absolute atomic E-state index is 0. The fraction of sp³-hybridized carbons (Fsp3) is 0.429. The van der Waals surface area contributed by atoms with E-state index < -0.39 is 23.2 Å². The molecule has 0 amide bonds. The SMILES string of the molecule is CCC1=Cc2ccccc2[CH]1[Zr+2][C]1=C(C)C(C)=C(C)C1(C)C.[Br-].[Br-]. The fourth-order valence-electron chi connectivity index (χ4n) is 3.89. The summed E-state index contributed by atoms with van der Waals surface area (Å²) in [7, 11) is 0. The standard InChI is InChI=1S/C11H11.C10H15.2BrH.Zr/c1-2-9-7-10-5-3-4-6-11(10)8-9;1-7-6-10(4,5)9(3)8(7)2;;;/h3-8H,2H2,1H3;1-5H3;2*1H;/q;;;;+2/p-2. The monoisotopic (exact) mass is 526 g/mol. The van der Waals surface area contributed by atoms with Crippen LogP contribution < -0.4 is 34.0 Å². The third kappa shape index (κ3) is 3.56. The molecular weight excluding hydrogens is 503 g/mol. The summed E-state index contributed by atoms with van der Waals surface area (Å²) in [4.78, 5) is 0. The van der Waals surface area contributed by atoms with E-state index in [9.17, 15) is 0 Å². The van der Waals surface area contributed by atoms with E-state index in [1.165, 1.54) is 12.0 Å². The van der Waals surface area contributed by atoms with Gasteiger partial charge >= 0.3 is 147 Å². The van der Waals surface area contributed by atoms with Gasteiger partial charge in [0.15, 0.2) is 0 Å². The van der Waals surface area contributed by atoms with Crippen LogP contribution in [0.3, 0.4) is 0 Å². The van der Waals surface area contributed by atoms with Gasteiger partial charge in [-0.1, -0.05) is 0 Å². The normalized spacial score (nSPS) is 20.9. The number of halogens is 2. The zero-order valence-corrected chi connectivity index (χ0v) is 21.1. The maximum absolute atomic E-state index is 2.46. The summed E-state index contributed by atoms with van der Waals surface area (Å²) in [5.74, 6) is 0. The molecule has 1 atom stereocenters. The number of hydrogen-bond acceptors (Lipinski definition) is 0. The Bertz CT molecular complexity index is 723. The molecule has 24 heavy (non-hydrogen) atoms. The van der Waals surface area contributed by atoms with Gasteiger partial charge in [0.1, 0.15) is 0 Å². The van der Waals surface area contributed by atoms with E-state index in [4.69, 9.17) is 0 Å². The summed E-state index contributed by atoms with van der Waals surface area (Å²) in [5, 5.41) is 0. The predicted molar refractivity (Wildman–Crippen MR) is 92.3 cm³/mol. The molecule has 2 aliphatic rings. The van der Waals surface area contributed by atoms with Crippen LogP contribution in [0, 0.1) is 5.41 Å². The van der Waals surface area contributed by atoms with Crippen molar-refractivity contribution in [2.45, 2.75) is 51.6 Å². The maximum Gasteiger partial charge on any atom is -1.00 e. The molecule has 1 unspecified atom stereocenters. The Hall–Kier alpha value is 0.283. The Morgan fingerprint density at radius 1 is 1.00 bits per heavy atom. The van der Waals surface area contributed by atoms with Gasteiger partial charge < -0.3 is 34.0 Å². The third-order valence-corrected chi connectivity index (χ3v) is 11.3. The first kappa shape index (κ1) is 22.3. The first-order chi connectivity index (χ1) is 10.4. The molecule has 0 nitrogen and oxygen atoms in total. The first-order valence-corrected chi connectivity index (χ1v) is 11.0. The van der Waals surface area contributed by atoms with Crippen molar-refractivity contribution in [2.75, 3.05) is 0 Å². The second kappa shape index (κ2) is 8.32. The van der Waals surface area contributed by atoms with Crippen LogP contribution in [0.4, 0.5) is 0 Å². The molecule has 3 rings (SSSR count). The molecule has 0 radical (unpaired) electrons. The van der Waals surface area contributed by atoms with Crippen LogP contribution in [0.2, 0.25) is 0 Å². The summed E-state index contributed by atoms with van der Waals surface area (Å²) in [5.41, 5.74) is 9.78. The molecule has 0 saturated carbocycles. The third-order valence-electron chi connectivity index (χ3n) is 5.78. The van der Waals surface area contributed by atoms with E-state index in [2.05, 4.69) is 71.9 Å². The van der Waals surface area contributed by atoms with Gasteiger partial charge in [0.25, 0.3) is 0 Å². The number of fused-ring (bicyclic) bond motifs is 1. The molecule has 0 fully saturated rings. The molecule has 0 spiro atoms. The second-order valence-electron chi connectivity index (χ2n) is 7.15. The van der Waals surface area contributed by atoms with Crippen molar-refractivity contribution in [1.29, 1.82) is 0 Å². The van der Waals surface area contributed by atoms with E-state index in [1.807, 2.05) is 3.28 Å². The van der Waals surface area contributed by atoms with Crippen LogP contribution in [0.1, 0.15) is 62.7 Å². The van der Waals surface area contributed by atoms with Crippen LogP contribution in [0.25, 0.3) is 6.08 Å². The van der Waals surface area contributed by atoms with Crippen molar-refractivity contribution in [1.82, 2.24) is 0 Å². The molecule has 3 heteroatoms. The van der Waals surface area contributed by atoms with Crippen molar-refractivity contribution in [3.63, 3.8) is 0 Å². The Labute approximate surface area is 180 Å². The van der Waals surface area contributed by atoms with Crippen molar-refractivity contribution < 1.29 is 57.2 Å². The second-order valence-corrected chi connectivity index (χ2v) is 10.5. The van der Waals surface area contributed by atoms with Gasteiger partial charge in [-0.15, -0.1) is 0 Å². The molecular formula is C21H26Br2Zr. The summed E-state index contributed by atoms with van der Waals surface area (Å²) in [6.45, 7) is 14.2. The summed E-state index contributed by atoms with van der Waals surface area (Å²) >= 11 is -0.689. The van der Waals surface area contributed by atoms with Crippen LogP contribution in [0.5, 0.6) is 0 Å². The molecule has 0 bridgehead atoms. The molecule has 0 aliphatic heterocycles. The van der Waals surface area contributed by atoms with Crippen LogP contribution >= 0.6 is 0 Å². The molecule has 1 aromatic rings. The Morgan fingerprint density at radius 2 is 1.62 bits per heavy atom. The Balaban J connectivity index is 0.00000144. The number of benzene rings is 1. The zero-order valence-electron chi connectivity index (χ0n) is 15.4. The molecule has 1 aromatic carbocycles. The molecule has 0 N–H and O–H groups in total. The number of hydrogen-bond donors (Lipinski definition) is 0. The Kier molecular flexibility index (Phi) is 7.74. The number of allylic oxidation sites excluding steroid dienone is 5. The van der Waals surface area contributed by atoms with Crippen LogP contribution in [-0.4, -0.2) is 0 Å². The summed E-state index contributed by atoms with van der Waals surface area (Å²) in [6, 6.07) is 9.05. The van der Waals surface area contributed by atoms with Gasteiger partial charge in [0, 0.05) is 0 Å². The van der Waals surface area contributed by atoms with Gasteiger partial charge in [-0.25, -0.2) is 0 Å². The topological polar surface area (TPSA) is 0 Å². The smallest absolute Gasteiger partial charge is 1.00 e. The van der Waals surface area contributed by atoms with Gasteiger partial charge in [-0.05, 0) is 0 Å². The van der Waals surface area contributed by atoms with Crippen molar-refractivity contribution in [3.8, 4) is 0 Å². The van der Waals surface area contributed by atoms with Crippen molar-refractivity contribution >= 4 is 6.08 Å². The van der Waals surface area contributed by atoms with Crippen LogP contribution in [-0.2, 0) is 23.2 Å². The van der Waals surface area contributed by atoms with Gasteiger partial charge in [0.05, 0.1) is 0 Å². The maximum atomic E-state index is 2.46. The van der Waals surface area contributed by atoms with E-state index in [0.29, 0.717) is 0 Å². The first-order valence-electron chi connectivity index (χ1n) is 8.33. The minimum Gasteiger partial charge on any atom is -1.00 e. The quantitative estimate of drug-likeness (QED) is 0.528. The molecule has 0 aromatic heterocycles. The predicted octanol–water partition coefficient (Wildman–Crippen LogP) is 0.275.